The number of halogens is 1. The highest BCUT2D eigenvalue weighted by Gasteiger charge is 2.08. The summed E-state index contributed by atoms with van der Waals surface area (Å²) in [6.07, 6.45) is 0. The van der Waals surface area contributed by atoms with Gasteiger partial charge in [0, 0.05) is 10.7 Å². The molecule has 70 valence electrons. The third-order valence-electron chi connectivity index (χ3n) is 1.26. The van der Waals surface area contributed by atoms with Gasteiger partial charge in [-0.2, -0.15) is 8.57 Å². The van der Waals surface area contributed by atoms with Crippen molar-refractivity contribution in [3.05, 3.63) is 24.3 Å². The van der Waals surface area contributed by atoms with Gasteiger partial charge in [0.25, 0.3) is 9.05 Å². The third kappa shape index (κ3) is 2.91. The lowest BCUT2D eigenvalue weighted by Crippen LogP contribution is -1.88. The Morgan fingerprint density at radius 1 is 1.23 bits per heavy atom. The van der Waals surface area contributed by atoms with Crippen LogP contribution in [0, 0.1) is 0 Å². The summed E-state index contributed by atoms with van der Waals surface area (Å²) in [4.78, 5) is -0.0102. The Hall–Kier alpha value is -0.720. The van der Waals surface area contributed by atoms with Crippen molar-refractivity contribution in [1.29, 1.82) is 0 Å². The Kier molecular flexibility index (Phi) is 3.18. The molecule has 0 aliphatic heterocycles. The summed E-state index contributed by atoms with van der Waals surface area (Å²) in [5.74, 6) is 0. The van der Waals surface area contributed by atoms with Crippen LogP contribution in [0.15, 0.2) is 33.5 Å². The van der Waals surface area contributed by atoms with Gasteiger partial charge >= 0.3 is 0 Å². The monoisotopic (exact) mass is 237 g/mol. The highest BCUT2D eigenvalue weighted by atomic mass is 35.7. The Labute approximate surface area is 83.2 Å². The zero-order valence-electron chi connectivity index (χ0n) is 6.18. The topological polar surface area (TPSA) is 63.6 Å². The van der Waals surface area contributed by atoms with Gasteiger partial charge in [-0.25, -0.2) is 8.42 Å². The zero-order valence-corrected chi connectivity index (χ0v) is 8.56. The van der Waals surface area contributed by atoms with Crippen molar-refractivity contribution < 1.29 is 12.6 Å². The second kappa shape index (κ2) is 3.99. The average Bonchev–Trinajstić information content (AvgIpc) is 2.04. The first-order chi connectivity index (χ1) is 6.04. The first kappa shape index (κ1) is 10.4. The molecule has 0 saturated carbocycles. The Bertz CT molecular complexity index is 447. The van der Waals surface area contributed by atoms with Crippen molar-refractivity contribution in [2.24, 2.45) is 4.36 Å². The summed E-state index contributed by atoms with van der Waals surface area (Å²) in [6.45, 7) is 0. The van der Waals surface area contributed by atoms with Crippen LogP contribution >= 0.6 is 10.7 Å². The largest absolute Gasteiger partial charge is 0.261 e. The van der Waals surface area contributed by atoms with Gasteiger partial charge in [-0.15, -0.1) is 0 Å². The van der Waals surface area contributed by atoms with Crippen LogP contribution in [0.4, 0.5) is 5.69 Å². The molecule has 1 aromatic rings. The normalized spacial score (nSPS) is 10.8. The lowest BCUT2D eigenvalue weighted by atomic mass is 10.3. The molecule has 0 unspecified atom stereocenters. The predicted octanol–water partition coefficient (Wildman–Crippen LogP) is 1.64. The van der Waals surface area contributed by atoms with E-state index in [4.69, 9.17) is 10.7 Å². The fourth-order valence-electron chi connectivity index (χ4n) is 0.713. The molecule has 7 heteroatoms. The molecule has 1 aromatic carbocycles. The number of rotatable bonds is 2. The molecule has 0 fully saturated rings. The summed E-state index contributed by atoms with van der Waals surface area (Å²) in [5.41, 5.74) is 0.407. The minimum atomic E-state index is -3.69. The van der Waals surface area contributed by atoms with Gasteiger partial charge in [0.15, 0.2) is 0 Å². The standard InChI is InChI=1S/C6H4ClNO3S2/c7-13(10,11)6-3-1-5(2-4-6)8-12-9/h1-4H. The van der Waals surface area contributed by atoms with E-state index in [9.17, 15) is 12.6 Å². The van der Waals surface area contributed by atoms with Crippen LogP contribution in [-0.2, 0) is 20.5 Å². The van der Waals surface area contributed by atoms with Crippen molar-refractivity contribution in [1.82, 2.24) is 0 Å². The van der Waals surface area contributed by atoms with Gasteiger partial charge < -0.3 is 0 Å². The van der Waals surface area contributed by atoms with E-state index in [1.807, 2.05) is 0 Å². The number of benzene rings is 1. The molecule has 0 atom stereocenters. The Balaban J connectivity index is 3.15. The van der Waals surface area contributed by atoms with Crippen LogP contribution < -0.4 is 0 Å². The Morgan fingerprint density at radius 3 is 2.15 bits per heavy atom. The molecule has 13 heavy (non-hydrogen) atoms. The maximum atomic E-state index is 10.8. The van der Waals surface area contributed by atoms with Gasteiger partial charge in [-0.3, -0.25) is 0 Å². The van der Waals surface area contributed by atoms with Crippen molar-refractivity contribution in [3.63, 3.8) is 0 Å². The number of nitrogens with zero attached hydrogens (tertiary/aromatic N) is 1. The lowest BCUT2D eigenvalue weighted by molar-refractivity contribution is 0.609. The molecule has 4 nitrogen and oxygen atoms in total. The van der Waals surface area contributed by atoms with E-state index >= 15 is 0 Å². The van der Waals surface area contributed by atoms with Crippen LogP contribution in [0.1, 0.15) is 0 Å². The molecule has 0 amide bonds. The molecule has 0 aliphatic rings. The second-order valence-corrected chi connectivity index (χ2v) is 5.00. The maximum Gasteiger partial charge on any atom is 0.261 e. The van der Waals surface area contributed by atoms with Crippen LogP contribution in [0.2, 0.25) is 0 Å². The first-order valence-corrected chi connectivity index (χ1v) is 6.09. The molecular weight excluding hydrogens is 234 g/mol. The van der Waals surface area contributed by atoms with Gasteiger partial charge in [0.1, 0.15) is 0 Å². The molecule has 0 N–H and O–H groups in total. The fraction of sp³-hybridized carbons (Fsp3) is 0. The van der Waals surface area contributed by atoms with Gasteiger partial charge in [0.2, 0.25) is 11.5 Å². The second-order valence-electron chi connectivity index (χ2n) is 2.10. The lowest BCUT2D eigenvalue weighted by Gasteiger charge is -1.94. The quantitative estimate of drug-likeness (QED) is 0.735. The molecule has 1 rings (SSSR count). The van der Waals surface area contributed by atoms with Crippen LogP contribution in [0.3, 0.4) is 0 Å². The van der Waals surface area contributed by atoms with E-state index in [0.717, 1.165) is 0 Å². The van der Waals surface area contributed by atoms with E-state index in [1.54, 1.807) is 0 Å². The predicted molar refractivity (Wildman–Crippen MR) is 49.7 cm³/mol. The van der Waals surface area contributed by atoms with E-state index in [0.29, 0.717) is 5.69 Å². The van der Waals surface area contributed by atoms with Gasteiger partial charge in [-0.05, 0) is 24.3 Å². The number of hydrogen-bond acceptors (Lipinski definition) is 4. The molecule has 0 aromatic heterocycles. The molecule has 0 saturated heterocycles. The van der Waals surface area contributed by atoms with Crippen molar-refractivity contribution in [3.8, 4) is 0 Å². The van der Waals surface area contributed by atoms with Crippen LogP contribution in [-0.4, -0.2) is 12.6 Å². The first-order valence-electron chi connectivity index (χ1n) is 3.09. The van der Waals surface area contributed by atoms with E-state index in [-0.39, 0.29) is 16.4 Å². The smallest absolute Gasteiger partial charge is 0.207 e. The molecule has 0 heterocycles. The molecule has 0 bridgehead atoms. The molecule has 0 spiro atoms. The van der Waals surface area contributed by atoms with Crippen molar-refractivity contribution >= 4 is 36.9 Å². The minimum absolute atomic E-state index is 0.0102. The van der Waals surface area contributed by atoms with Gasteiger partial charge in [-0.1, -0.05) is 0 Å². The van der Waals surface area contributed by atoms with Crippen molar-refractivity contribution in [2.45, 2.75) is 4.90 Å². The van der Waals surface area contributed by atoms with E-state index in [2.05, 4.69) is 4.36 Å². The molecular formula is C6H4ClNO3S2. The van der Waals surface area contributed by atoms with Gasteiger partial charge in [0.05, 0.1) is 10.6 Å². The summed E-state index contributed by atoms with van der Waals surface area (Å²) in [6, 6.07) is 5.38. The van der Waals surface area contributed by atoms with Crippen LogP contribution in [0.5, 0.6) is 0 Å². The van der Waals surface area contributed by atoms with E-state index in [1.165, 1.54) is 24.3 Å². The highest BCUT2D eigenvalue weighted by Crippen LogP contribution is 2.18. The molecule has 0 radical (unpaired) electrons. The highest BCUT2D eigenvalue weighted by molar-refractivity contribution is 8.13. The summed E-state index contributed by atoms with van der Waals surface area (Å²) < 4.78 is 35.0. The van der Waals surface area contributed by atoms with E-state index < -0.39 is 9.05 Å². The van der Waals surface area contributed by atoms with Crippen LogP contribution in [0.25, 0.3) is 0 Å². The minimum Gasteiger partial charge on any atom is -0.207 e. The fourth-order valence-corrected chi connectivity index (χ4v) is 1.69. The molecule has 0 aliphatic carbocycles. The summed E-state index contributed by atoms with van der Waals surface area (Å²) in [7, 11) is 1.37. The van der Waals surface area contributed by atoms with Crippen molar-refractivity contribution in [2.75, 3.05) is 0 Å². The maximum absolute atomic E-state index is 10.8. The zero-order chi connectivity index (χ0) is 9.90. The SMILES string of the molecule is O=S=Nc1ccc(S(=O)(=O)Cl)cc1. The average molecular weight is 238 g/mol. The Morgan fingerprint density at radius 2 is 1.77 bits per heavy atom. The number of hydrogen-bond donors (Lipinski definition) is 0. The summed E-state index contributed by atoms with van der Waals surface area (Å²) in [5, 5.41) is 0. The third-order valence-corrected chi connectivity index (χ3v) is 2.92. The summed E-state index contributed by atoms with van der Waals surface area (Å²) >= 11 is 0.0606.